The zero-order valence-electron chi connectivity index (χ0n) is 9.00. The smallest absolute Gasteiger partial charge is 0.371 e. The number of aromatic carboxylic acids is 1. The van der Waals surface area contributed by atoms with Crippen LogP contribution in [0, 0.1) is 0 Å². The van der Waals surface area contributed by atoms with Gasteiger partial charge in [0, 0.05) is 12.4 Å². The minimum absolute atomic E-state index is 0.111. The summed E-state index contributed by atoms with van der Waals surface area (Å²) in [6.45, 7) is 0. The van der Waals surface area contributed by atoms with Crippen molar-refractivity contribution < 1.29 is 18.5 Å². The number of carboxylic acid groups (broad SMARTS) is 1. The third kappa shape index (κ3) is 2.77. The second kappa shape index (κ2) is 5.32. The molecule has 94 valence electrons. The topological polar surface area (TPSA) is 80.4 Å². The van der Waals surface area contributed by atoms with Crippen molar-refractivity contribution in [2.75, 3.05) is 0 Å². The number of furan rings is 1. The van der Waals surface area contributed by atoms with Gasteiger partial charge in [0.25, 0.3) is 0 Å². The van der Waals surface area contributed by atoms with Gasteiger partial charge in [0.1, 0.15) is 0 Å². The normalized spacial score (nSPS) is 12.3. The minimum Gasteiger partial charge on any atom is -0.475 e. The van der Waals surface area contributed by atoms with Gasteiger partial charge in [-0.25, -0.2) is 4.79 Å². The lowest BCUT2D eigenvalue weighted by atomic mass is 10.3. The lowest BCUT2D eigenvalue weighted by molar-refractivity contribution is 0.0656. The predicted molar refractivity (Wildman–Crippen MR) is 65.0 cm³/mol. The summed E-state index contributed by atoms with van der Waals surface area (Å²) in [7, 11) is -1.48. The first kappa shape index (κ1) is 12.8. The highest BCUT2D eigenvalue weighted by Gasteiger charge is 2.15. The molecule has 0 amide bonds. The van der Waals surface area contributed by atoms with Crippen LogP contribution < -0.4 is 0 Å². The first-order valence-electron chi connectivity index (χ1n) is 4.88. The Morgan fingerprint density at radius 1 is 1.44 bits per heavy atom. The van der Waals surface area contributed by atoms with E-state index in [1.165, 1.54) is 18.3 Å². The Morgan fingerprint density at radius 2 is 2.22 bits per heavy atom. The molecule has 2 rings (SSSR count). The Labute approximate surface area is 110 Å². The van der Waals surface area contributed by atoms with Gasteiger partial charge in [-0.1, -0.05) is 11.6 Å². The van der Waals surface area contributed by atoms with Gasteiger partial charge in [0.15, 0.2) is 5.09 Å². The van der Waals surface area contributed by atoms with Crippen LogP contribution in [-0.4, -0.2) is 20.3 Å². The SMILES string of the molecule is O=C(O)c1ccc(S(=O)Cc2ccncc2Cl)o1. The molecule has 1 unspecified atom stereocenters. The Kier molecular flexibility index (Phi) is 3.78. The summed E-state index contributed by atoms with van der Waals surface area (Å²) in [4.78, 5) is 14.4. The van der Waals surface area contributed by atoms with Crippen LogP contribution in [0.5, 0.6) is 0 Å². The standard InChI is InChI=1S/C11H8ClNO4S/c12-8-5-13-4-3-7(8)6-18(16)10-2-1-9(17-10)11(14)15/h1-5H,6H2,(H,14,15). The van der Waals surface area contributed by atoms with E-state index < -0.39 is 16.8 Å². The van der Waals surface area contributed by atoms with E-state index in [0.717, 1.165) is 0 Å². The number of nitrogens with zero attached hydrogens (tertiary/aromatic N) is 1. The van der Waals surface area contributed by atoms with Crippen molar-refractivity contribution >= 4 is 28.4 Å². The van der Waals surface area contributed by atoms with Crippen LogP contribution in [0.1, 0.15) is 16.1 Å². The van der Waals surface area contributed by atoms with Crippen molar-refractivity contribution in [1.82, 2.24) is 4.98 Å². The van der Waals surface area contributed by atoms with E-state index >= 15 is 0 Å². The van der Waals surface area contributed by atoms with Crippen LogP contribution in [-0.2, 0) is 16.6 Å². The molecule has 0 fully saturated rings. The lowest BCUT2D eigenvalue weighted by Gasteiger charge is -2.01. The number of halogens is 1. The highest BCUT2D eigenvalue weighted by molar-refractivity contribution is 7.84. The molecule has 0 aliphatic heterocycles. The van der Waals surface area contributed by atoms with Crippen LogP contribution in [0.3, 0.4) is 0 Å². The number of rotatable bonds is 4. The molecule has 7 heteroatoms. The van der Waals surface area contributed by atoms with Crippen LogP contribution in [0.15, 0.2) is 40.1 Å². The molecule has 0 aliphatic rings. The molecule has 2 aromatic heterocycles. The highest BCUT2D eigenvalue weighted by Crippen LogP contribution is 2.20. The van der Waals surface area contributed by atoms with E-state index in [-0.39, 0.29) is 16.6 Å². The Bertz CT molecular complexity index is 611. The number of carbonyl (C=O) groups is 1. The van der Waals surface area contributed by atoms with Crippen molar-refractivity contribution in [3.63, 3.8) is 0 Å². The molecule has 0 radical (unpaired) electrons. The fourth-order valence-corrected chi connectivity index (χ4v) is 2.64. The summed E-state index contributed by atoms with van der Waals surface area (Å²) >= 11 is 5.89. The third-order valence-corrected chi connectivity index (χ3v) is 3.74. The van der Waals surface area contributed by atoms with Crippen molar-refractivity contribution in [3.8, 4) is 0 Å². The average molecular weight is 286 g/mol. The monoisotopic (exact) mass is 285 g/mol. The van der Waals surface area contributed by atoms with E-state index in [2.05, 4.69) is 4.98 Å². The number of hydrogen-bond donors (Lipinski definition) is 1. The van der Waals surface area contributed by atoms with Gasteiger partial charge in [-0.15, -0.1) is 0 Å². The molecular weight excluding hydrogens is 278 g/mol. The first-order chi connectivity index (χ1) is 8.58. The van der Waals surface area contributed by atoms with Crippen molar-refractivity contribution in [1.29, 1.82) is 0 Å². The lowest BCUT2D eigenvalue weighted by Crippen LogP contribution is -1.97. The Hall–Kier alpha value is -1.66. The quantitative estimate of drug-likeness (QED) is 0.932. The molecule has 0 aliphatic carbocycles. The molecule has 0 spiro atoms. The average Bonchev–Trinajstić information content (AvgIpc) is 2.81. The maximum absolute atomic E-state index is 11.9. The van der Waals surface area contributed by atoms with E-state index in [1.54, 1.807) is 12.3 Å². The molecule has 2 heterocycles. The number of pyridine rings is 1. The van der Waals surface area contributed by atoms with Gasteiger partial charge in [-0.05, 0) is 23.8 Å². The number of carboxylic acids is 1. The van der Waals surface area contributed by atoms with Gasteiger partial charge in [0.2, 0.25) is 5.76 Å². The summed E-state index contributed by atoms with van der Waals surface area (Å²) < 4.78 is 16.9. The second-order valence-corrected chi connectivity index (χ2v) is 5.17. The van der Waals surface area contributed by atoms with Gasteiger partial charge >= 0.3 is 5.97 Å². The molecule has 18 heavy (non-hydrogen) atoms. The van der Waals surface area contributed by atoms with Gasteiger partial charge in [0.05, 0.1) is 21.6 Å². The minimum atomic E-state index is -1.48. The maximum atomic E-state index is 11.9. The second-order valence-electron chi connectivity index (χ2n) is 3.38. The molecule has 1 N–H and O–H groups in total. The summed E-state index contributed by atoms with van der Waals surface area (Å²) in [5.41, 5.74) is 0.665. The van der Waals surface area contributed by atoms with Crippen LogP contribution in [0.4, 0.5) is 0 Å². The Morgan fingerprint density at radius 3 is 2.83 bits per heavy atom. The van der Waals surface area contributed by atoms with Crippen LogP contribution in [0.2, 0.25) is 5.02 Å². The van der Waals surface area contributed by atoms with Gasteiger partial charge in [-0.2, -0.15) is 0 Å². The largest absolute Gasteiger partial charge is 0.475 e. The number of hydrogen-bond acceptors (Lipinski definition) is 4. The molecular formula is C11H8ClNO4S. The summed E-state index contributed by atoms with van der Waals surface area (Å²) in [5.74, 6) is -1.28. The van der Waals surface area contributed by atoms with E-state index in [9.17, 15) is 9.00 Å². The van der Waals surface area contributed by atoms with Gasteiger partial charge < -0.3 is 9.52 Å². The molecule has 0 bridgehead atoms. The highest BCUT2D eigenvalue weighted by atomic mass is 35.5. The molecule has 0 saturated carbocycles. The molecule has 5 nitrogen and oxygen atoms in total. The molecule has 1 atom stereocenters. The third-order valence-electron chi connectivity index (χ3n) is 2.16. The summed E-state index contributed by atoms with van der Waals surface area (Å²) in [5, 5.41) is 9.22. The maximum Gasteiger partial charge on any atom is 0.371 e. The fourth-order valence-electron chi connectivity index (χ4n) is 1.29. The van der Waals surface area contributed by atoms with E-state index in [0.29, 0.717) is 10.6 Å². The zero-order chi connectivity index (χ0) is 13.1. The Balaban J connectivity index is 2.17. The van der Waals surface area contributed by atoms with Gasteiger partial charge in [-0.3, -0.25) is 9.19 Å². The first-order valence-corrected chi connectivity index (χ1v) is 6.57. The van der Waals surface area contributed by atoms with Crippen LogP contribution >= 0.6 is 11.6 Å². The van der Waals surface area contributed by atoms with Crippen LogP contribution in [0.25, 0.3) is 0 Å². The summed E-state index contributed by atoms with van der Waals surface area (Å²) in [6, 6.07) is 4.31. The summed E-state index contributed by atoms with van der Waals surface area (Å²) in [6.07, 6.45) is 3.00. The zero-order valence-corrected chi connectivity index (χ0v) is 10.6. The van der Waals surface area contributed by atoms with Crippen molar-refractivity contribution in [3.05, 3.63) is 46.9 Å². The molecule has 2 aromatic rings. The van der Waals surface area contributed by atoms with E-state index in [4.69, 9.17) is 21.1 Å². The van der Waals surface area contributed by atoms with Crippen molar-refractivity contribution in [2.45, 2.75) is 10.8 Å². The van der Waals surface area contributed by atoms with E-state index in [1.807, 2.05) is 0 Å². The predicted octanol–water partition coefficient (Wildman–Crippen LogP) is 2.33. The fraction of sp³-hybridized carbons (Fsp3) is 0.0909. The van der Waals surface area contributed by atoms with Crippen molar-refractivity contribution in [2.24, 2.45) is 0 Å². The molecule has 0 aromatic carbocycles. The molecule has 0 saturated heterocycles. The number of aromatic nitrogens is 1.